The minimum absolute atomic E-state index is 0.0761. The molecule has 4 nitrogen and oxygen atoms in total. The van der Waals surface area contributed by atoms with Crippen LogP contribution >= 0.6 is 0 Å². The summed E-state index contributed by atoms with van der Waals surface area (Å²) in [5.41, 5.74) is 3.59. The smallest absolute Gasteiger partial charge is 0.201 e. The minimum Gasteiger partial charge on any atom is -0.464 e. The first kappa shape index (κ1) is 15.4. The third kappa shape index (κ3) is 3.66. The zero-order valence-electron chi connectivity index (χ0n) is 13.5. The molecule has 0 fully saturated rings. The fraction of sp³-hybridized carbons (Fsp3) is 0.263. The van der Waals surface area contributed by atoms with Gasteiger partial charge in [-0.1, -0.05) is 17.7 Å². The molecule has 4 heteroatoms. The number of fused-ring (bicyclic) bond motifs is 1. The van der Waals surface area contributed by atoms with Gasteiger partial charge in [0.1, 0.15) is 18.4 Å². The van der Waals surface area contributed by atoms with Crippen LogP contribution < -0.4 is 10.3 Å². The van der Waals surface area contributed by atoms with Crippen molar-refractivity contribution < 1.29 is 9.32 Å². The van der Waals surface area contributed by atoms with Crippen LogP contribution in [0.3, 0.4) is 0 Å². The van der Waals surface area contributed by atoms with Gasteiger partial charge < -0.3 is 9.32 Å². The second-order valence-corrected chi connectivity index (χ2v) is 6.04. The first-order valence-corrected chi connectivity index (χ1v) is 7.86. The van der Waals surface area contributed by atoms with Crippen molar-refractivity contribution in [1.29, 1.82) is 0 Å². The average Bonchev–Trinajstić information content (AvgIpc) is 2.57. The van der Waals surface area contributed by atoms with Crippen LogP contribution in [0, 0.1) is 6.92 Å². The minimum atomic E-state index is 0.0761. The molecular formula is C19H21N2O2+. The Morgan fingerprint density at radius 1 is 1.22 bits per heavy atom. The van der Waals surface area contributed by atoms with Crippen LogP contribution in [0.5, 0.6) is 0 Å². The maximum atomic E-state index is 12.6. The van der Waals surface area contributed by atoms with Crippen LogP contribution in [0.2, 0.25) is 0 Å². The number of hydrogen-bond donors (Lipinski definition) is 1. The fourth-order valence-electron chi connectivity index (χ4n) is 2.71. The van der Waals surface area contributed by atoms with Crippen molar-refractivity contribution in [1.82, 2.24) is 4.98 Å². The highest BCUT2D eigenvalue weighted by Crippen LogP contribution is 2.12. The number of nitrogens with one attached hydrogen (secondary N) is 1. The Labute approximate surface area is 135 Å². The van der Waals surface area contributed by atoms with Crippen molar-refractivity contribution in [3.8, 4) is 0 Å². The second kappa shape index (κ2) is 6.75. The predicted molar refractivity (Wildman–Crippen MR) is 90.6 cm³/mol. The molecule has 0 saturated carbocycles. The summed E-state index contributed by atoms with van der Waals surface area (Å²) in [5, 5.41) is 0.667. The third-order valence-electron chi connectivity index (χ3n) is 4.03. The lowest BCUT2D eigenvalue weighted by Crippen LogP contribution is -3.08. The van der Waals surface area contributed by atoms with Crippen LogP contribution in [0.1, 0.15) is 16.8 Å². The molecule has 1 N–H and O–H groups in total. The Morgan fingerprint density at radius 3 is 2.87 bits per heavy atom. The molecular weight excluding hydrogens is 288 g/mol. The summed E-state index contributed by atoms with van der Waals surface area (Å²) in [5.74, 6) is 0. The van der Waals surface area contributed by atoms with E-state index in [1.54, 1.807) is 6.26 Å². The largest absolute Gasteiger partial charge is 0.464 e. The van der Waals surface area contributed by atoms with Crippen molar-refractivity contribution in [3.05, 3.63) is 75.9 Å². The average molecular weight is 309 g/mol. The van der Waals surface area contributed by atoms with Gasteiger partial charge in [-0.2, -0.15) is 0 Å². The number of hydrogen-bond acceptors (Lipinski definition) is 3. The van der Waals surface area contributed by atoms with Crippen LogP contribution in [0.15, 0.2) is 58.1 Å². The lowest BCUT2D eigenvalue weighted by atomic mass is 10.1. The van der Waals surface area contributed by atoms with Crippen molar-refractivity contribution >= 4 is 11.0 Å². The van der Waals surface area contributed by atoms with Gasteiger partial charge in [0.05, 0.1) is 24.5 Å². The van der Waals surface area contributed by atoms with Crippen LogP contribution in [0.25, 0.3) is 11.0 Å². The first-order chi connectivity index (χ1) is 11.1. The summed E-state index contributed by atoms with van der Waals surface area (Å²) >= 11 is 0. The predicted octanol–water partition coefficient (Wildman–Crippen LogP) is 1.75. The summed E-state index contributed by atoms with van der Waals surface area (Å²) < 4.78 is 5.62. The van der Waals surface area contributed by atoms with Gasteiger partial charge in [0.2, 0.25) is 5.43 Å². The molecule has 118 valence electrons. The van der Waals surface area contributed by atoms with Crippen molar-refractivity contribution in [2.24, 2.45) is 0 Å². The molecule has 1 atom stereocenters. The summed E-state index contributed by atoms with van der Waals surface area (Å²) in [7, 11) is 2.09. The molecule has 2 heterocycles. The zero-order valence-corrected chi connectivity index (χ0v) is 13.5. The zero-order chi connectivity index (χ0) is 16.2. The van der Waals surface area contributed by atoms with Gasteiger partial charge in [-0.15, -0.1) is 0 Å². The van der Waals surface area contributed by atoms with E-state index in [-0.39, 0.29) is 5.43 Å². The van der Waals surface area contributed by atoms with Crippen molar-refractivity contribution in [3.63, 3.8) is 0 Å². The summed E-state index contributed by atoms with van der Waals surface area (Å²) in [4.78, 5) is 18.2. The molecule has 0 spiro atoms. The SMILES string of the molecule is Cc1ccc2occ(C[NH+](C)CCc3ccccn3)c(=O)c2c1. The standard InChI is InChI=1S/C19H20N2O2/c1-14-6-7-18-17(11-14)19(22)15(13-23-18)12-21(2)10-8-16-5-3-4-9-20-16/h3-7,9,11,13H,8,10,12H2,1-2H3/p+1. The molecule has 0 aliphatic heterocycles. The monoisotopic (exact) mass is 309 g/mol. The quantitative estimate of drug-likeness (QED) is 0.781. The fourth-order valence-corrected chi connectivity index (χ4v) is 2.71. The molecule has 2 aromatic heterocycles. The molecule has 0 amide bonds. The molecule has 3 rings (SSSR count). The van der Waals surface area contributed by atoms with Gasteiger partial charge in [0.15, 0.2) is 0 Å². The summed E-state index contributed by atoms with van der Waals surface area (Å²) in [6, 6.07) is 11.7. The number of benzene rings is 1. The second-order valence-electron chi connectivity index (χ2n) is 6.04. The van der Waals surface area contributed by atoms with Gasteiger partial charge in [0, 0.05) is 18.3 Å². The number of likely N-dealkylation sites (N-methyl/N-ethyl adjacent to an activating group) is 1. The number of aryl methyl sites for hydroxylation is 1. The summed E-state index contributed by atoms with van der Waals surface area (Å²) in [6.07, 6.45) is 4.31. The van der Waals surface area contributed by atoms with Gasteiger partial charge in [-0.3, -0.25) is 9.78 Å². The van der Waals surface area contributed by atoms with Crippen LogP contribution in [-0.4, -0.2) is 18.6 Å². The van der Waals surface area contributed by atoms with E-state index in [2.05, 4.69) is 12.0 Å². The van der Waals surface area contributed by atoms with Gasteiger partial charge in [-0.05, 0) is 31.2 Å². The lowest BCUT2D eigenvalue weighted by Gasteiger charge is -2.13. The van der Waals surface area contributed by atoms with E-state index >= 15 is 0 Å². The van der Waals surface area contributed by atoms with E-state index in [4.69, 9.17) is 4.42 Å². The number of nitrogens with zero attached hydrogens (tertiary/aromatic N) is 1. The normalized spacial score (nSPS) is 12.4. The van der Waals surface area contributed by atoms with E-state index in [0.29, 0.717) is 17.5 Å². The molecule has 0 bridgehead atoms. The molecule has 0 aliphatic rings. The third-order valence-corrected chi connectivity index (χ3v) is 4.03. The van der Waals surface area contributed by atoms with E-state index in [9.17, 15) is 4.79 Å². The highest BCUT2D eigenvalue weighted by atomic mass is 16.3. The molecule has 0 aliphatic carbocycles. The van der Waals surface area contributed by atoms with Crippen LogP contribution in [-0.2, 0) is 13.0 Å². The molecule has 1 unspecified atom stereocenters. The topological polar surface area (TPSA) is 47.5 Å². The maximum absolute atomic E-state index is 12.6. The Kier molecular flexibility index (Phi) is 4.53. The Hall–Kier alpha value is -2.46. The highest BCUT2D eigenvalue weighted by Gasteiger charge is 2.12. The van der Waals surface area contributed by atoms with Crippen LogP contribution in [0.4, 0.5) is 0 Å². The van der Waals surface area contributed by atoms with E-state index in [1.807, 2.05) is 49.5 Å². The molecule has 1 aromatic carbocycles. The highest BCUT2D eigenvalue weighted by molar-refractivity contribution is 5.77. The Balaban J connectivity index is 1.73. The van der Waals surface area contributed by atoms with E-state index in [0.717, 1.165) is 29.8 Å². The van der Waals surface area contributed by atoms with Gasteiger partial charge in [-0.25, -0.2) is 0 Å². The maximum Gasteiger partial charge on any atom is 0.201 e. The van der Waals surface area contributed by atoms with Gasteiger partial charge >= 0.3 is 0 Å². The molecule has 3 aromatic rings. The summed E-state index contributed by atoms with van der Waals surface area (Å²) in [6.45, 7) is 3.55. The van der Waals surface area contributed by atoms with Crippen molar-refractivity contribution in [2.75, 3.05) is 13.6 Å². The Morgan fingerprint density at radius 2 is 2.09 bits per heavy atom. The number of aromatic nitrogens is 1. The lowest BCUT2D eigenvalue weighted by molar-refractivity contribution is -0.893. The molecule has 23 heavy (non-hydrogen) atoms. The molecule has 0 saturated heterocycles. The molecule has 0 radical (unpaired) electrons. The Bertz CT molecular complexity index is 856. The van der Waals surface area contributed by atoms with Gasteiger partial charge in [0.25, 0.3) is 0 Å². The van der Waals surface area contributed by atoms with Crippen molar-refractivity contribution in [2.45, 2.75) is 19.9 Å². The first-order valence-electron chi connectivity index (χ1n) is 7.86. The number of quaternary nitrogens is 1. The number of rotatable bonds is 5. The van der Waals surface area contributed by atoms with E-state index < -0.39 is 0 Å². The number of pyridine rings is 1. The van der Waals surface area contributed by atoms with E-state index in [1.165, 1.54) is 4.90 Å².